The molecular formula is C19H22N2O6. The summed E-state index contributed by atoms with van der Waals surface area (Å²) < 4.78 is 10.8. The second-order valence-electron chi connectivity index (χ2n) is 7.49. The Morgan fingerprint density at radius 1 is 1.15 bits per heavy atom. The molecule has 144 valence electrons. The molecule has 1 unspecified atom stereocenters. The predicted molar refractivity (Wildman–Crippen MR) is 94.4 cm³/mol. The predicted octanol–water partition coefficient (Wildman–Crippen LogP) is 1.49. The highest BCUT2D eigenvalue weighted by atomic mass is 16.6. The molecule has 0 aromatic heterocycles. The first-order valence-electron chi connectivity index (χ1n) is 8.75. The first-order chi connectivity index (χ1) is 12.7. The Hall–Kier alpha value is -2.74. The molecule has 27 heavy (non-hydrogen) atoms. The van der Waals surface area contributed by atoms with Gasteiger partial charge in [0.1, 0.15) is 11.7 Å². The number of carbonyl (C=O) groups excluding carboxylic acids is 4. The molecule has 0 radical (unpaired) electrons. The topological polar surface area (TPSA) is 93.2 Å². The molecule has 3 rings (SSSR count). The van der Waals surface area contributed by atoms with Crippen molar-refractivity contribution < 1.29 is 28.7 Å². The minimum absolute atomic E-state index is 0.0247. The van der Waals surface area contributed by atoms with E-state index in [0.717, 1.165) is 4.90 Å². The minimum atomic E-state index is -0.907. The number of Topliss-reactive ketones (excluding diaryl/α,β-unsaturated/α-hetero) is 1. The van der Waals surface area contributed by atoms with Gasteiger partial charge in [0.05, 0.1) is 30.8 Å². The van der Waals surface area contributed by atoms with Crippen LogP contribution in [0, 0.1) is 0 Å². The number of carbonyl (C=O) groups is 4. The van der Waals surface area contributed by atoms with Gasteiger partial charge in [-0.25, -0.2) is 4.79 Å². The van der Waals surface area contributed by atoms with Crippen LogP contribution in [-0.4, -0.2) is 71.4 Å². The smallest absolute Gasteiger partial charge is 0.410 e. The highest BCUT2D eigenvalue weighted by Gasteiger charge is 2.39. The number of ketones is 1. The molecule has 8 nitrogen and oxygen atoms in total. The van der Waals surface area contributed by atoms with E-state index in [1.165, 1.54) is 4.90 Å². The molecule has 1 aromatic rings. The number of imide groups is 1. The highest BCUT2D eigenvalue weighted by Crippen LogP contribution is 2.23. The van der Waals surface area contributed by atoms with Gasteiger partial charge < -0.3 is 14.4 Å². The Morgan fingerprint density at radius 2 is 1.74 bits per heavy atom. The van der Waals surface area contributed by atoms with Crippen LogP contribution in [0.2, 0.25) is 0 Å². The van der Waals surface area contributed by atoms with Gasteiger partial charge in [-0.1, -0.05) is 12.1 Å². The van der Waals surface area contributed by atoms with E-state index in [0.29, 0.717) is 6.54 Å². The highest BCUT2D eigenvalue weighted by molar-refractivity contribution is 6.22. The summed E-state index contributed by atoms with van der Waals surface area (Å²) in [5.74, 6) is -1.43. The third-order valence-electron chi connectivity index (χ3n) is 4.27. The number of ether oxygens (including phenoxy) is 2. The van der Waals surface area contributed by atoms with Crippen LogP contribution in [0.15, 0.2) is 24.3 Å². The number of nitrogens with zero attached hydrogens (tertiary/aromatic N) is 2. The average molecular weight is 374 g/mol. The fraction of sp³-hybridized carbons (Fsp3) is 0.474. The maximum atomic E-state index is 12.6. The molecule has 1 fully saturated rings. The summed E-state index contributed by atoms with van der Waals surface area (Å²) in [6.07, 6.45) is -1.43. The van der Waals surface area contributed by atoms with Crippen molar-refractivity contribution in [3.05, 3.63) is 35.4 Å². The lowest BCUT2D eigenvalue weighted by molar-refractivity contribution is -0.136. The summed E-state index contributed by atoms with van der Waals surface area (Å²) >= 11 is 0. The van der Waals surface area contributed by atoms with Gasteiger partial charge in [0, 0.05) is 6.54 Å². The fourth-order valence-electron chi connectivity index (χ4n) is 2.98. The van der Waals surface area contributed by atoms with E-state index in [4.69, 9.17) is 9.47 Å². The first kappa shape index (κ1) is 19.0. The monoisotopic (exact) mass is 374 g/mol. The maximum Gasteiger partial charge on any atom is 0.410 e. The van der Waals surface area contributed by atoms with Gasteiger partial charge in [-0.3, -0.25) is 19.3 Å². The van der Waals surface area contributed by atoms with E-state index < -0.39 is 35.4 Å². The molecule has 0 aliphatic carbocycles. The molecule has 0 spiro atoms. The largest absolute Gasteiger partial charge is 0.444 e. The van der Waals surface area contributed by atoms with E-state index in [9.17, 15) is 19.2 Å². The van der Waals surface area contributed by atoms with Crippen molar-refractivity contribution in [2.24, 2.45) is 0 Å². The van der Waals surface area contributed by atoms with Crippen molar-refractivity contribution in [1.29, 1.82) is 0 Å². The molecule has 1 atom stereocenters. The number of rotatable bonds is 3. The maximum absolute atomic E-state index is 12.6. The number of hydrogen-bond donors (Lipinski definition) is 0. The Labute approximate surface area is 157 Å². The molecule has 0 saturated carbocycles. The van der Waals surface area contributed by atoms with Crippen LogP contribution < -0.4 is 0 Å². The zero-order valence-corrected chi connectivity index (χ0v) is 15.6. The van der Waals surface area contributed by atoms with Gasteiger partial charge in [-0.15, -0.1) is 0 Å². The number of morpholine rings is 1. The van der Waals surface area contributed by atoms with E-state index in [-0.39, 0.29) is 30.8 Å². The summed E-state index contributed by atoms with van der Waals surface area (Å²) in [4.78, 5) is 51.9. The van der Waals surface area contributed by atoms with Crippen LogP contribution in [0.1, 0.15) is 41.5 Å². The third kappa shape index (κ3) is 4.00. The van der Waals surface area contributed by atoms with Crippen molar-refractivity contribution in [2.45, 2.75) is 32.5 Å². The number of fused-ring (bicyclic) bond motifs is 1. The fourth-order valence-corrected chi connectivity index (χ4v) is 2.98. The van der Waals surface area contributed by atoms with Gasteiger partial charge in [0.2, 0.25) is 0 Å². The van der Waals surface area contributed by atoms with Gasteiger partial charge >= 0.3 is 6.09 Å². The second kappa shape index (κ2) is 7.11. The molecule has 2 aliphatic rings. The quantitative estimate of drug-likeness (QED) is 0.744. The zero-order chi connectivity index (χ0) is 19.8. The molecular weight excluding hydrogens is 352 g/mol. The minimum Gasteiger partial charge on any atom is -0.444 e. The zero-order valence-electron chi connectivity index (χ0n) is 15.6. The van der Waals surface area contributed by atoms with E-state index in [2.05, 4.69) is 0 Å². The normalized spacial score (nSPS) is 19.9. The molecule has 2 aliphatic heterocycles. The molecule has 8 heteroatoms. The lowest BCUT2D eigenvalue weighted by atomic mass is 10.1. The van der Waals surface area contributed by atoms with Crippen molar-refractivity contribution >= 4 is 23.7 Å². The van der Waals surface area contributed by atoms with Crippen molar-refractivity contribution in [3.63, 3.8) is 0 Å². The van der Waals surface area contributed by atoms with Gasteiger partial charge in [0.25, 0.3) is 11.8 Å². The SMILES string of the molecule is CC(C)(C)OC(=O)N1CCOC(C(=O)CN2C(=O)c3ccccc3C2=O)C1. The van der Waals surface area contributed by atoms with E-state index in [1.54, 1.807) is 45.0 Å². The summed E-state index contributed by atoms with van der Waals surface area (Å²) in [5.41, 5.74) is -0.0693. The van der Waals surface area contributed by atoms with Crippen LogP contribution in [0.3, 0.4) is 0 Å². The molecule has 0 bridgehead atoms. The first-order valence-corrected chi connectivity index (χ1v) is 8.75. The Morgan fingerprint density at radius 3 is 2.30 bits per heavy atom. The van der Waals surface area contributed by atoms with E-state index >= 15 is 0 Å². The lowest BCUT2D eigenvalue weighted by Gasteiger charge is -2.33. The Bertz CT molecular complexity index is 763. The van der Waals surface area contributed by atoms with Crippen LogP contribution in [0.5, 0.6) is 0 Å². The van der Waals surface area contributed by atoms with Crippen molar-refractivity contribution in [1.82, 2.24) is 9.80 Å². The van der Waals surface area contributed by atoms with Crippen LogP contribution in [0.25, 0.3) is 0 Å². The average Bonchev–Trinajstić information content (AvgIpc) is 2.86. The molecule has 0 N–H and O–H groups in total. The summed E-state index contributed by atoms with van der Waals surface area (Å²) in [6, 6.07) is 6.44. The molecule has 1 aromatic carbocycles. The van der Waals surface area contributed by atoms with Gasteiger partial charge in [-0.05, 0) is 32.9 Å². The second-order valence-corrected chi connectivity index (χ2v) is 7.49. The summed E-state index contributed by atoms with van der Waals surface area (Å²) in [7, 11) is 0. The van der Waals surface area contributed by atoms with Crippen molar-refractivity contribution in [2.75, 3.05) is 26.2 Å². The Balaban J connectivity index is 1.64. The summed E-state index contributed by atoms with van der Waals surface area (Å²) in [6.45, 7) is 5.41. The number of benzene rings is 1. The standard InChI is InChI=1S/C19H22N2O6/c1-19(2,3)27-18(25)20-8-9-26-15(11-20)14(22)10-21-16(23)12-6-4-5-7-13(12)17(21)24/h4-7,15H,8-11H2,1-3H3. The number of hydrogen-bond acceptors (Lipinski definition) is 6. The number of amides is 3. The summed E-state index contributed by atoms with van der Waals surface area (Å²) in [5, 5.41) is 0. The van der Waals surface area contributed by atoms with Crippen LogP contribution >= 0.6 is 0 Å². The van der Waals surface area contributed by atoms with Gasteiger partial charge in [0.15, 0.2) is 5.78 Å². The van der Waals surface area contributed by atoms with Crippen molar-refractivity contribution in [3.8, 4) is 0 Å². The van der Waals surface area contributed by atoms with E-state index in [1.807, 2.05) is 0 Å². The molecule has 1 saturated heterocycles. The van der Waals surface area contributed by atoms with Crippen LogP contribution in [-0.2, 0) is 14.3 Å². The molecule has 2 heterocycles. The third-order valence-corrected chi connectivity index (χ3v) is 4.27. The molecule has 3 amide bonds. The van der Waals surface area contributed by atoms with Gasteiger partial charge in [-0.2, -0.15) is 0 Å². The Kier molecular flexibility index (Phi) is 5.01. The lowest BCUT2D eigenvalue weighted by Crippen LogP contribution is -2.52. The van der Waals surface area contributed by atoms with Crippen LogP contribution in [0.4, 0.5) is 4.79 Å².